The van der Waals surface area contributed by atoms with Gasteiger partial charge >= 0.3 is 0 Å². The highest BCUT2D eigenvalue weighted by Gasteiger charge is 2.27. The van der Waals surface area contributed by atoms with Crippen LogP contribution in [-0.4, -0.2) is 5.12 Å². The summed E-state index contributed by atoms with van der Waals surface area (Å²) >= 11 is 0. The molecule has 0 amide bonds. The van der Waals surface area contributed by atoms with Crippen molar-refractivity contribution in [1.29, 1.82) is 0 Å². The summed E-state index contributed by atoms with van der Waals surface area (Å²) in [7, 11) is 0. The van der Waals surface area contributed by atoms with Crippen LogP contribution in [0.25, 0.3) is 0 Å². The number of benzene rings is 2. The Hall–Kier alpha value is -2.52. The van der Waals surface area contributed by atoms with Crippen molar-refractivity contribution < 1.29 is 0 Å². The van der Waals surface area contributed by atoms with Crippen LogP contribution in [0.4, 0.5) is 0 Å². The van der Waals surface area contributed by atoms with Crippen molar-refractivity contribution >= 4 is 0 Å². The number of hydrogen-bond acceptors (Lipinski definition) is 3. The van der Waals surface area contributed by atoms with E-state index in [1.54, 1.807) is 5.12 Å². The van der Waals surface area contributed by atoms with Gasteiger partial charge in [0.25, 0.3) is 0 Å². The van der Waals surface area contributed by atoms with Crippen LogP contribution < -0.4 is 11.3 Å². The summed E-state index contributed by atoms with van der Waals surface area (Å²) in [5, 5.41) is 1.57. The van der Waals surface area contributed by atoms with Crippen LogP contribution in [0, 0.1) is 0 Å². The Morgan fingerprint density at radius 1 is 0.605 bits per heavy atom. The van der Waals surface area contributed by atoms with E-state index in [4.69, 9.17) is 5.84 Å². The fraction of sp³-hybridized carbons (Fsp3) is 0.600. The highest BCUT2D eigenvalue weighted by atomic mass is 15.7. The fourth-order valence-electron chi connectivity index (χ4n) is 6.20. The summed E-state index contributed by atoms with van der Waals surface area (Å²) in [5.74, 6) is 6.46. The number of allylic oxidation sites excluding steroid dienone is 2. The second-order valence-electron chi connectivity index (χ2n) is 16.7. The van der Waals surface area contributed by atoms with E-state index in [1.165, 1.54) is 44.5 Å². The number of aryl methyl sites for hydroxylation is 2. The Kier molecular flexibility index (Phi) is 11.6. The summed E-state index contributed by atoms with van der Waals surface area (Å²) in [6, 6.07) is 9.66. The molecule has 3 N–H and O–H groups in total. The molecule has 2 rings (SSSR count). The van der Waals surface area contributed by atoms with Crippen LogP contribution in [0.2, 0.25) is 0 Å². The van der Waals surface area contributed by atoms with Crippen LogP contribution >= 0.6 is 0 Å². The molecule has 2 aromatic rings. The molecule has 0 aliphatic rings. The largest absolute Gasteiger partial charge is 0.289 e. The predicted molar refractivity (Wildman–Crippen MR) is 191 cm³/mol. The Morgan fingerprint density at radius 2 is 0.907 bits per heavy atom. The highest BCUT2D eigenvalue weighted by molar-refractivity contribution is 5.47. The molecule has 0 aliphatic carbocycles. The maximum absolute atomic E-state index is 6.46. The first kappa shape index (κ1) is 36.7. The SMILES string of the molecule is C=C(CCc1cc(C(C)(C)C)c(CC)c(C(C)(C)C)c1)NN(N)C(=C)CCc1cc(C(C)(C)C)c(CC)c(C(C)(C)C)c1. The van der Waals surface area contributed by atoms with Gasteiger partial charge in [-0.2, -0.15) is 0 Å². The summed E-state index contributed by atoms with van der Waals surface area (Å²) in [6.07, 6.45) is 5.49. The first-order valence-corrected chi connectivity index (χ1v) is 16.5. The second kappa shape index (κ2) is 13.6. The van der Waals surface area contributed by atoms with Crippen LogP contribution in [-0.2, 0) is 47.3 Å². The third kappa shape index (κ3) is 9.73. The van der Waals surface area contributed by atoms with E-state index in [2.05, 4.69) is 140 Å². The van der Waals surface area contributed by atoms with Crippen LogP contribution in [0.5, 0.6) is 0 Å². The smallest absolute Gasteiger partial charge is 0.0459 e. The van der Waals surface area contributed by atoms with Crippen molar-refractivity contribution in [2.75, 3.05) is 0 Å². The molecule has 0 fully saturated rings. The van der Waals surface area contributed by atoms with E-state index < -0.39 is 0 Å². The normalized spacial score (nSPS) is 12.8. The number of hydrogen-bond donors (Lipinski definition) is 2. The molecule has 0 heterocycles. The minimum atomic E-state index is 0.0930. The zero-order valence-corrected chi connectivity index (χ0v) is 30.5. The minimum Gasteiger partial charge on any atom is -0.289 e. The lowest BCUT2D eigenvalue weighted by Crippen LogP contribution is -2.42. The Balaban J connectivity index is 2.15. The van der Waals surface area contributed by atoms with Gasteiger partial charge in [0.15, 0.2) is 0 Å². The molecule has 3 heteroatoms. The summed E-state index contributed by atoms with van der Waals surface area (Å²) < 4.78 is 0. The van der Waals surface area contributed by atoms with Gasteiger partial charge in [-0.1, -0.05) is 134 Å². The molecule has 0 radical (unpaired) electrons. The lowest BCUT2D eigenvalue weighted by molar-refractivity contribution is 0.272. The molecule has 2 aromatic carbocycles. The fourth-order valence-corrected chi connectivity index (χ4v) is 6.20. The molecule has 0 aliphatic heterocycles. The Bertz CT molecular complexity index is 1210. The van der Waals surface area contributed by atoms with Crippen molar-refractivity contribution in [3.05, 3.63) is 93.3 Å². The van der Waals surface area contributed by atoms with E-state index in [-0.39, 0.29) is 21.7 Å². The van der Waals surface area contributed by atoms with Gasteiger partial charge in [0, 0.05) is 11.4 Å². The molecule has 0 saturated heterocycles. The molecule has 0 aromatic heterocycles. The maximum atomic E-state index is 6.46. The molecule has 0 bridgehead atoms. The van der Waals surface area contributed by atoms with E-state index in [1.807, 2.05) is 0 Å². The van der Waals surface area contributed by atoms with Crippen molar-refractivity contribution in [3.63, 3.8) is 0 Å². The second-order valence-corrected chi connectivity index (χ2v) is 16.7. The van der Waals surface area contributed by atoms with Gasteiger partial charge in [0.05, 0.1) is 0 Å². The maximum Gasteiger partial charge on any atom is 0.0459 e. The van der Waals surface area contributed by atoms with Gasteiger partial charge in [0.1, 0.15) is 0 Å². The molecular weight excluding hydrogens is 522 g/mol. The molecule has 0 atom stereocenters. The number of hydrazine groups is 2. The zero-order chi connectivity index (χ0) is 33.1. The third-order valence-electron chi connectivity index (χ3n) is 8.60. The van der Waals surface area contributed by atoms with Crippen molar-refractivity contribution in [3.8, 4) is 0 Å². The van der Waals surface area contributed by atoms with Crippen molar-refractivity contribution in [1.82, 2.24) is 10.5 Å². The average Bonchev–Trinajstić information content (AvgIpc) is 2.87. The molecule has 3 nitrogen and oxygen atoms in total. The Morgan fingerprint density at radius 3 is 1.19 bits per heavy atom. The number of nitrogens with one attached hydrogen (secondary N) is 1. The lowest BCUT2D eigenvalue weighted by atomic mass is 9.74. The first-order chi connectivity index (χ1) is 19.5. The van der Waals surface area contributed by atoms with Gasteiger partial charge in [-0.25, -0.2) is 11.0 Å². The van der Waals surface area contributed by atoms with Crippen molar-refractivity contribution in [2.24, 2.45) is 5.84 Å². The van der Waals surface area contributed by atoms with E-state index >= 15 is 0 Å². The third-order valence-corrected chi connectivity index (χ3v) is 8.60. The van der Waals surface area contributed by atoms with E-state index in [0.29, 0.717) is 0 Å². The standard InChI is InChI=1S/C40H65N3/c1-17-31-33(37(5,6)7)23-29(24-34(31)38(8,9)10)21-19-27(3)42-43(41)28(4)20-22-30-25-35(39(11,12)13)32(18-2)36(26-30)40(14,15)16/h23-26,42H,3-4,17-22,41H2,1-2,5-16H3. The van der Waals surface area contributed by atoms with Gasteiger partial charge in [-0.05, 0) is 105 Å². The Labute approximate surface area is 266 Å². The topological polar surface area (TPSA) is 41.3 Å². The molecule has 43 heavy (non-hydrogen) atoms. The van der Waals surface area contributed by atoms with Gasteiger partial charge in [-0.3, -0.25) is 5.43 Å². The minimum absolute atomic E-state index is 0.0930. The summed E-state index contributed by atoms with van der Waals surface area (Å²) in [4.78, 5) is 0. The number of rotatable bonds is 11. The molecule has 0 saturated carbocycles. The molecular formula is C40H65N3. The average molecular weight is 588 g/mol. The van der Waals surface area contributed by atoms with Crippen LogP contribution in [0.3, 0.4) is 0 Å². The van der Waals surface area contributed by atoms with E-state index in [0.717, 1.165) is 49.9 Å². The van der Waals surface area contributed by atoms with E-state index in [9.17, 15) is 0 Å². The molecule has 0 spiro atoms. The quantitative estimate of drug-likeness (QED) is 0.203. The zero-order valence-electron chi connectivity index (χ0n) is 30.5. The lowest BCUT2D eigenvalue weighted by Gasteiger charge is -2.31. The molecule has 0 unspecified atom stereocenters. The summed E-state index contributed by atoms with van der Waals surface area (Å²) in [6.45, 7) is 41.0. The van der Waals surface area contributed by atoms with Crippen LogP contribution in [0.1, 0.15) is 154 Å². The number of nitrogens with two attached hydrogens (primary N) is 1. The van der Waals surface area contributed by atoms with Crippen LogP contribution in [0.15, 0.2) is 48.8 Å². The monoisotopic (exact) mass is 588 g/mol. The number of nitrogens with zero attached hydrogens (tertiary/aromatic N) is 1. The van der Waals surface area contributed by atoms with Gasteiger partial charge in [-0.15, -0.1) is 0 Å². The highest BCUT2D eigenvalue weighted by Crippen LogP contribution is 2.37. The molecule has 240 valence electrons. The van der Waals surface area contributed by atoms with Crippen molar-refractivity contribution in [2.45, 2.75) is 157 Å². The predicted octanol–water partition coefficient (Wildman–Crippen LogP) is 10.3. The van der Waals surface area contributed by atoms with Gasteiger partial charge in [0.2, 0.25) is 0 Å². The summed E-state index contributed by atoms with van der Waals surface area (Å²) in [5.41, 5.74) is 17.0. The first-order valence-electron chi connectivity index (χ1n) is 16.5. The van der Waals surface area contributed by atoms with Gasteiger partial charge < -0.3 is 0 Å².